The Hall–Kier alpha value is -3.00. The Kier molecular flexibility index (Phi) is 6.15. The van der Waals surface area contributed by atoms with Crippen molar-refractivity contribution >= 4 is 32.4 Å². The molecule has 3 aromatic rings. The number of carbonyl (C=O) groups is 1. The number of sulfone groups is 1. The summed E-state index contributed by atoms with van der Waals surface area (Å²) in [4.78, 5) is 15.4. The number of piperidine rings is 1. The fraction of sp³-hybridized carbons (Fsp3) is 0.375. The average Bonchev–Trinajstić information content (AvgIpc) is 3.15. The summed E-state index contributed by atoms with van der Waals surface area (Å²) in [7, 11) is -1.58. The van der Waals surface area contributed by atoms with Gasteiger partial charge in [0.25, 0.3) is 5.91 Å². The van der Waals surface area contributed by atoms with Crippen LogP contribution in [-0.2, 0) is 9.84 Å². The molecule has 1 aromatic heterocycles. The number of fused-ring (bicyclic) bond motifs is 1. The van der Waals surface area contributed by atoms with Crippen LogP contribution in [0.4, 0.5) is 5.69 Å². The minimum atomic E-state index is -3.19. The second-order valence-corrected chi connectivity index (χ2v) is 10.3. The minimum absolute atomic E-state index is 0.0561. The van der Waals surface area contributed by atoms with Crippen LogP contribution in [0.15, 0.2) is 51.8 Å². The van der Waals surface area contributed by atoms with Crippen LogP contribution in [0, 0.1) is 6.92 Å². The van der Waals surface area contributed by atoms with Crippen molar-refractivity contribution in [2.45, 2.75) is 37.6 Å². The zero-order chi connectivity index (χ0) is 22.9. The number of aryl methyl sites for hydroxylation is 1. The maximum absolute atomic E-state index is 12.9. The third-order valence-corrected chi connectivity index (χ3v) is 7.87. The number of methoxy groups -OCH3 is 1. The van der Waals surface area contributed by atoms with Gasteiger partial charge in [0.1, 0.15) is 11.3 Å². The molecule has 0 saturated carbocycles. The number of anilines is 1. The Bertz CT molecular complexity index is 1220. The van der Waals surface area contributed by atoms with Gasteiger partial charge in [-0.25, -0.2) is 8.42 Å². The van der Waals surface area contributed by atoms with Gasteiger partial charge in [0.15, 0.2) is 15.6 Å². The molecule has 1 aliphatic heterocycles. The molecule has 1 aliphatic rings. The summed E-state index contributed by atoms with van der Waals surface area (Å²) in [5, 5.41) is 3.98. The molecule has 2 aromatic carbocycles. The lowest BCUT2D eigenvalue weighted by atomic mass is 10.0. The van der Waals surface area contributed by atoms with Gasteiger partial charge in [-0.1, -0.05) is 6.92 Å². The summed E-state index contributed by atoms with van der Waals surface area (Å²) in [6, 6.07) is 12.6. The second kappa shape index (κ2) is 8.86. The fourth-order valence-corrected chi connectivity index (χ4v) is 4.99. The van der Waals surface area contributed by atoms with Crippen molar-refractivity contribution in [1.82, 2.24) is 5.32 Å². The van der Waals surface area contributed by atoms with Crippen molar-refractivity contribution < 1.29 is 22.4 Å². The summed E-state index contributed by atoms with van der Waals surface area (Å²) in [6.07, 6.45) is 1.60. The number of furan rings is 1. The molecule has 32 heavy (non-hydrogen) atoms. The number of benzene rings is 2. The smallest absolute Gasteiger partial charge is 0.287 e. The first-order valence-corrected chi connectivity index (χ1v) is 12.4. The number of rotatable bonds is 6. The third-order valence-electron chi connectivity index (χ3n) is 6.12. The predicted molar refractivity (Wildman–Crippen MR) is 124 cm³/mol. The van der Waals surface area contributed by atoms with Crippen LogP contribution < -0.4 is 15.0 Å². The molecule has 0 atom stereocenters. The van der Waals surface area contributed by atoms with Gasteiger partial charge in [-0.2, -0.15) is 0 Å². The highest BCUT2D eigenvalue weighted by Crippen LogP contribution is 2.29. The Morgan fingerprint density at radius 1 is 1.16 bits per heavy atom. The molecule has 0 spiro atoms. The van der Waals surface area contributed by atoms with Crippen molar-refractivity contribution in [3.8, 4) is 5.75 Å². The van der Waals surface area contributed by atoms with Gasteiger partial charge < -0.3 is 19.4 Å². The molecule has 2 heterocycles. The molecule has 0 aliphatic carbocycles. The maximum atomic E-state index is 12.9. The van der Waals surface area contributed by atoms with E-state index in [0.717, 1.165) is 48.3 Å². The van der Waals surface area contributed by atoms with Crippen LogP contribution >= 0.6 is 0 Å². The summed E-state index contributed by atoms with van der Waals surface area (Å²) in [5.74, 6) is 0.949. The van der Waals surface area contributed by atoms with Crippen LogP contribution in [0.1, 0.15) is 35.9 Å². The van der Waals surface area contributed by atoms with E-state index in [2.05, 4.69) is 10.2 Å². The Morgan fingerprint density at radius 2 is 1.84 bits per heavy atom. The predicted octanol–water partition coefficient (Wildman–Crippen LogP) is 3.94. The fourth-order valence-electron chi connectivity index (χ4n) is 4.11. The molecule has 0 radical (unpaired) electrons. The first-order chi connectivity index (χ1) is 15.3. The zero-order valence-corrected chi connectivity index (χ0v) is 19.4. The number of amides is 1. The highest BCUT2D eigenvalue weighted by molar-refractivity contribution is 7.91. The summed E-state index contributed by atoms with van der Waals surface area (Å²) < 4.78 is 35.1. The largest absolute Gasteiger partial charge is 0.497 e. The number of hydrogen-bond acceptors (Lipinski definition) is 6. The van der Waals surface area contributed by atoms with Crippen molar-refractivity contribution in [1.29, 1.82) is 0 Å². The Labute approximate surface area is 188 Å². The maximum Gasteiger partial charge on any atom is 0.287 e. The molecule has 1 N–H and O–H groups in total. The molecule has 0 unspecified atom stereocenters. The van der Waals surface area contributed by atoms with Gasteiger partial charge in [-0.3, -0.25) is 4.79 Å². The normalized spacial score (nSPS) is 15.2. The van der Waals surface area contributed by atoms with Crippen molar-refractivity contribution in [3.05, 3.63) is 53.8 Å². The number of nitrogens with zero attached hydrogens (tertiary/aromatic N) is 1. The van der Waals surface area contributed by atoms with Crippen LogP contribution in [0.5, 0.6) is 5.75 Å². The quantitative estimate of drug-likeness (QED) is 0.604. The summed E-state index contributed by atoms with van der Waals surface area (Å²) in [5.41, 5.74) is 2.46. The van der Waals surface area contributed by atoms with E-state index in [1.54, 1.807) is 26.2 Å². The van der Waals surface area contributed by atoms with Crippen LogP contribution in [0.2, 0.25) is 0 Å². The molecule has 8 heteroatoms. The highest BCUT2D eigenvalue weighted by atomic mass is 32.2. The van der Waals surface area contributed by atoms with Crippen LogP contribution in [0.25, 0.3) is 11.0 Å². The van der Waals surface area contributed by atoms with Gasteiger partial charge in [0.05, 0.1) is 17.8 Å². The van der Waals surface area contributed by atoms with Crippen LogP contribution in [-0.4, -0.2) is 46.3 Å². The van der Waals surface area contributed by atoms with E-state index in [9.17, 15) is 13.2 Å². The molecule has 1 fully saturated rings. The number of hydrogen-bond donors (Lipinski definition) is 1. The number of ether oxygens (including phenoxy) is 1. The molecule has 0 bridgehead atoms. The zero-order valence-electron chi connectivity index (χ0n) is 18.6. The van der Waals surface area contributed by atoms with Crippen LogP contribution in [0.3, 0.4) is 0 Å². The molecular weight excluding hydrogens is 428 g/mol. The minimum Gasteiger partial charge on any atom is -0.497 e. The Balaban J connectivity index is 1.38. The molecular formula is C24H28N2O5S. The second-order valence-electron chi connectivity index (χ2n) is 8.05. The monoisotopic (exact) mass is 456 g/mol. The van der Waals surface area contributed by atoms with E-state index in [1.807, 2.05) is 37.3 Å². The first kappa shape index (κ1) is 22.2. The van der Waals surface area contributed by atoms with E-state index in [4.69, 9.17) is 9.15 Å². The summed E-state index contributed by atoms with van der Waals surface area (Å²) >= 11 is 0. The molecule has 170 valence electrons. The van der Waals surface area contributed by atoms with Gasteiger partial charge in [0.2, 0.25) is 0 Å². The third kappa shape index (κ3) is 4.32. The molecule has 1 saturated heterocycles. The van der Waals surface area contributed by atoms with Gasteiger partial charge in [0, 0.05) is 35.8 Å². The number of nitrogens with one attached hydrogen (secondary N) is 1. The Morgan fingerprint density at radius 3 is 2.47 bits per heavy atom. The first-order valence-electron chi connectivity index (χ1n) is 10.8. The highest BCUT2D eigenvalue weighted by Gasteiger charge is 2.25. The van der Waals surface area contributed by atoms with Crippen molar-refractivity contribution in [2.24, 2.45) is 0 Å². The van der Waals surface area contributed by atoms with Gasteiger partial charge >= 0.3 is 0 Å². The molecule has 1 amide bonds. The van der Waals surface area contributed by atoms with E-state index in [-0.39, 0.29) is 17.7 Å². The standard InChI is InChI=1S/C24H28N2O5S/c1-4-32(28,29)20-8-5-18(6-9-20)26-13-11-17(12-14-26)25-24(27)23-16(2)21-15-19(30-3)7-10-22(21)31-23/h5-10,15,17H,4,11-14H2,1-3H3,(H,25,27). The lowest BCUT2D eigenvalue weighted by Gasteiger charge is -2.34. The van der Waals surface area contributed by atoms with Crippen molar-refractivity contribution in [3.63, 3.8) is 0 Å². The lowest BCUT2D eigenvalue weighted by molar-refractivity contribution is 0.0904. The molecule has 7 nitrogen and oxygen atoms in total. The average molecular weight is 457 g/mol. The van der Waals surface area contributed by atoms with Crippen molar-refractivity contribution in [2.75, 3.05) is 30.9 Å². The SMILES string of the molecule is CCS(=O)(=O)c1ccc(N2CCC(NC(=O)c3oc4ccc(OC)cc4c3C)CC2)cc1. The van der Waals surface area contributed by atoms with E-state index in [1.165, 1.54) is 0 Å². The molecule has 4 rings (SSSR count). The summed E-state index contributed by atoms with van der Waals surface area (Å²) in [6.45, 7) is 5.08. The van der Waals surface area contributed by atoms with E-state index >= 15 is 0 Å². The van der Waals surface area contributed by atoms with E-state index < -0.39 is 9.84 Å². The van der Waals surface area contributed by atoms with Gasteiger partial charge in [-0.05, 0) is 62.2 Å². The number of carbonyl (C=O) groups excluding carboxylic acids is 1. The topological polar surface area (TPSA) is 88.9 Å². The lowest BCUT2D eigenvalue weighted by Crippen LogP contribution is -2.44. The van der Waals surface area contributed by atoms with E-state index in [0.29, 0.717) is 16.2 Å². The van der Waals surface area contributed by atoms with Gasteiger partial charge in [-0.15, -0.1) is 0 Å².